The number of hydrogen-bond acceptors (Lipinski definition) is 6. The second-order valence-corrected chi connectivity index (χ2v) is 7.75. The molecule has 0 radical (unpaired) electrons. The molecule has 30 heavy (non-hydrogen) atoms. The van der Waals surface area contributed by atoms with Crippen molar-refractivity contribution >= 4 is 46.1 Å². The third kappa shape index (κ3) is 3.83. The molecule has 1 N–H and O–H groups in total. The third-order valence-electron chi connectivity index (χ3n) is 4.75. The molecule has 1 aromatic heterocycles. The Labute approximate surface area is 182 Å². The van der Waals surface area contributed by atoms with Crippen molar-refractivity contribution in [2.45, 2.75) is 13.0 Å². The highest BCUT2D eigenvalue weighted by Gasteiger charge is 2.33. The SMILES string of the molecule is COc1ccc(NC(=O)C(C)N2C(=O)COc3ccc(-c4cscn4)cc32)cc1Cl. The number of thiazole rings is 1. The Bertz CT molecular complexity index is 1100. The van der Waals surface area contributed by atoms with E-state index in [1.807, 2.05) is 17.5 Å². The van der Waals surface area contributed by atoms with E-state index < -0.39 is 6.04 Å². The number of benzene rings is 2. The summed E-state index contributed by atoms with van der Waals surface area (Å²) in [5.41, 5.74) is 4.42. The summed E-state index contributed by atoms with van der Waals surface area (Å²) in [6, 6.07) is 9.66. The van der Waals surface area contributed by atoms with Gasteiger partial charge in [-0.25, -0.2) is 4.98 Å². The molecule has 1 aliphatic heterocycles. The molecule has 2 aromatic carbocycles. The zero-order chi connectivity index (χ0) is 21.3. The van der Waals surface area contributed by atoms with Crippen LogP contribution in [0.4, 0.5) is 11.4 Å². The summed E-state index contributed by atoms with van der Waals surface area (Å²) in [7, 11) is 1.52. The van der Waals surface area contributed by atoms with Crippen LogP contribution in [0.25, 0.3) is 11.3 Å². The van der Waals surface area contributed by atoms with Crippen LogP contribution in [-0.4, -0.2) is 36.6 Å². The van der Waals surface area contributed by atoms with Gasteiger partial charge in [0.15, 0.2) is 6.61 Å². The Morgan fingerprint density at radius 3 is 2.87 bits per heavy atom. The highest BCUT2D eigenvalue weighted by Crippen LogP contribution is 2.37. The van der Waals surface area contributed by atoms with Crippen molar-refractivity contribution in [3.05, 3.63) is 52.3 Å². The number of carbonyl (C=O) groups excluding carboxylic acids is 2. The minimum Gasteiger partial charge on any atom is -0.495 e. The molecule has 0 spiro atoms. The standard InChI is InChI=1S/C21H18ClN3O4S/c1-12(21(27)24-14-4-6-18(28-2)15(22)8-14)25-17-7-13(16-10-30-11-23-16)3-5-19(17)29-9-20(25)26/h3-8,10-12H,9H2,1-2H3,(H,24,27). The van der Waals surface area contributed by atoms with E-state index in [4.69, 9.17) is 21.1 Å². The number of methoxy groups -OCH3 is 1. The molecule has 0 saturated carbocycles. The van der Waals surface area contributed by atoms with Gasteiger partial charge < -0.3 is 14.8 Å². The normalized spacial score (nSPS) is 14.0. The largest absolute Gasteiger partial charge is 0.495 e. The van der Waals surface area contributed by atoms with Crippen molar-refractivity contribution in [3.8, 4) is 22.8 Å². The topological polar surface area (TPSA) is 80.8 Å². The van der Waals surface area contributed by atoms with Gasteiger partial charge in [-0.3, -0.25) is 14.5 Å². The maximum absolute atomic E-state index is 12.9. The number of amides is 2. The van der Waals surface area contributed by atoms with Crippen molar-refractivity contribution < 1.29 is 19.1 Å². The van der Waals surface area contributed by atoms with Crippen molar-refractivity contribution in [1.29, 1.82) is 0 Å². The Kier molecular flexibility index (Phi) is 5.61. The van der Waals surface area contributed by atoms with Crippen molar-refractivity contribution in [1.82, 2.24) is 4.98 Å². The van der Waals surface area contributed by atoms with Crippen LogP contribution in [0.3, 0.4) is 0 Å². The highest BCUT2D eigenvalue weighted by molar-refractivity contribution is 7.07. The van der Waals surface area contributed by atoms with Crippen LogP contribution < -0.4 is 19.7 Å². The van der Waals surface area contributed by atoms with E-state index in [2.05, 4.69) is 10.3 Å². The maximum atomic E-state index is 12.9. The number of rotatable bonds is 5. The molecule has 3 aromatic rings. The van der Waals surface area contributed by atoms with Gasteiger partial charge >= 0.3 is 0 Å². The second kappa shape index (κ2) is 8.33. The summed E-state index contributed by atoms with van der Waals surface area (Å²) < 4.78 is 10.7. The average Bonchev–Trinajstić information content (AvgIpc) is 3.28. The predicted octanol–water partition coefficient (Wildman–Crippen LogP) is 4.22. The van der Waals surface area contributed by atoms with Gasteiger partial charge in [-0.2, -0.15) is 0 Å². The number of halogens is 1. The Balaban J connectivity index is 1.61. The number of nitrogens with zero attached hydrogens (tertiary/aromatic N) is 2. The number of hydrogen-bond donors (Lipinski definition) is 1. The first-order valence-corrected chi connectivity index (χ1v) is 10.4. The van der Waals surface area contributed by atoms with Crippen LogP contribution in [0, 0.1) is 0 Å². The molecule has 0 saturated heterocycles. The number of aromatic nitrogens is 1. The minimum absolute atomic E-state index is 0.130. The number of fused-ring (bicyclic) bond motifs is 1. The third-order valence-corrected chi connectivity index (χ3v) is 5.63. The summed E-state index contributed by atoms with van der Waals surface area (Å²) in [6.07, 6.45) is 0. The lowest BCUT2D eigenvalue weighted by atomic mass is 10.1. The summed E-state index contributed by atoms with van der Waals surface area (Å²) in [4.78, 5) is 31.3. The molecule has 2 amide bonds. The summed E-state index contributed by atoms with van der Waals surface area (Å²) in [5, 5.41) is 5.10. The van der Waals surface area contributed by atoms with Crippen LogP contribution in [-0.2, 0) is 9.59 Å². The predicted molar refractivity (Wildman–Crippen MR) is 117 cm³/mol. The quantitative estimate of drug-likeness (QED) is 0.638. The van der Waals surface area contributed by atoms with E-state index in [1.54, 1.807) is 36.7 Å². The van der Waals surface area contributed by atoms with E-state index in [9.17, 15) is 9.59 Å². The first kappa shape index (κ1) is 20.2. The number of carbonyl (C=O) groups is 2. The molecular weight excluding hydrogens is 426 g/mol. The van der Waals surface area contributed by atoms with Crippen molar-refractivity contribution in [2.75, 3.05) is 23.9 Å². The smallest absolute Gasteiger partial charge is 0.265 e. The van der Waals surface area contributed by atoms with Gasteiger partial charge in [-0.1, -0.05) is 11.6 Å². The zero-order valence-corrected chi connectivity index (χ0v) is 17.8. The fourth-order valence-corrected chi connectivity index (χ4v) is 4.04. The molecular formula is C21H18ClN3O4S. The van der Waals surface area contributed by atoms with Gasteiger partial charge in [0.1, 0.15) is 17.5 Å². The first-order valence-electron chi connectivity index (χ1n) is 9.10. The second-order valence-electron chi connectivity index (χ2n) is 6.62. The summed E-state index contributed by atoms with van der Waals surface area (Å²) >= 11 is 7.62. The van der Waals surface area contributed by atoms with Gasteiger partial charge in [-0.05, 0) is 43.3 Å². The van der Waals surface area contributed by atoms with E-state index in [1.165, 1.54) is 23.3 Å². The Morgan fingerprint density at radius 2 is 2.17 bits per heavy atom. The molecule has 7 nitrogen and oxygen atoms in total. The highest BCUT2D eigenvalue weighted by atomic mass is 35.5. The monoisotopic (exact) mass is 443 g/mol. The van der Waals surface area contributed by atoms with Crippen LogP contribution in [0.1, 0.15) is 6.92 Å². The first-order chi connectivity index (χ1) is 14.5. The van der Waals surface area contributed by atoms with Crippen molar-refractivity contribution in [2.24, 2.45) is 0 Å². The molecule has 0 bridgehead atoms. The zero-order valence-electron chi connectivity index (χ0n) is 16.2. The van der Waals surface area contributed by atoms with Crippen LogP contribution >= 0.6 is 22.9 Å². The fourth-order valence-electron chi connectivity index (χ4n) is 3.22. The van der Waals surface area contributed by atoms with Gasteiger partial charge in [0.2, 0.25) is 5.91 Å². The molecule has 1 atom stereocenters. The average molecular weight is 444 g/mol. The molecule has 2 heterocycles. The Hall–Kier alpha value is -3.10. The minimum atomic E-state index is -0.772. The lowest BCUT2D eigenvalue weighted by molar-refractivity contribution is -0.125. The lowest BCUT2D eigenvalue weighted by Gasteiger charge is -2.33. The van der Waals surface area contributed by atoms with E-state index >= 15 is 0 Å². The molecule has 0 fully saturated rings. The van der Waals surface area contributed by atoms with Gasteiger partial charge in [-0.15, -0.1) is 11.3 Å². The van der Waals surface area contributed by atoms with Gasteiger partial charge in [0, 0.05) is 16.6 Å². The van der Waals surface area contributed by atoms with Crippen LogP contribution in [0.15, 0.2) is 47.3 Å². The summed E-state index contributed by atoms with van der Waals surface area (Å²) in [6.45, 7) is 1.54. The fraction of sp³-hybridized carbons (Fsp3) is 0.190. The molecule has 9 heteroatoms. The maximum Gasteiger partial charge on any atom is 0.265 e. The number of anilines is 2. The number of nitrogens with one attached hydrogen (secondary N) is 1. The van der Waals surface area contributed by atoms with E-state index in [0.717, 1.165) is 11.3 Å². The van der Waals surface area contributed by atoms with E-state index in [0.29, 0.717) is 27.9 Å². The van der Waals surface area contributed by atoms with Crippen LogP contribution in [0.2, 0.25) is 5.02 Å². The lowest BCUT2D eigenvalue weighted by Crippen LogP contribution is -2.49. The van der Waals surface area contributed by atoms with E-state index in [-0.39, 0.29) is 18.4 Å². The molecule has 1 unspecified atom stereocenters. The summed E-state index contributed by atoms with van der Waals surface area (Å²) in [5.74, 6) is 0.403. The molecule has 1 aliphatic rings. The Morgan fingerprint density at radius 1 is 1.33 bits per heavy atom. The molecule has 154 valence electrons. The van der Waals surface area contributed by atoms with Gasteiger partial charge in [0.25, 0.3) is 5.91 Å². The molecule has 4 rings (SSSR count). The van der Waals surface area contributed by atoms with Crippen LogP contribution in [0.5, 0.6) is 11.5 Å². The number of ether oxygens (including phenoxy) is 2. The van der Waals surface area contributed by atoms with Crippen molar-refractivity contribution in [3.63, 3.8) is 0 Å². The van der Waals surface area contributed by atoms with Gasteiger partial charge in [0.05, 0.1) is 29.0 Å². The molecule has 0 aliphatic carbocycles.